The lowest BCUT2D eigenvalue weighted by Crippen LogP contribution is -2.52. The van der Waals surface area contributed by atoms with Gasteiger partial charge in [0.05, 0.1) is 13.2 Å². The van der Waals surface area contributed by atoms with E-state index >= 15 is 0 Å². The van der Waals surface area contributed by atoms with Gasteiger partial charge in [-0.25, -0.2) is 13.2 Å². The Labute approximate surface area is 117 Å². The molecule has 0 saturated carbocycles. The van der Waals surface area contributed by atoms with Crippen LogP contribution in [0.2, 0.25) is 0 Å². The van der Waals surface area contributed by atoms with E-state index in [1.165, 1.54) is 6.92 Å². The minimum Gasteiger partial charge on any atom is -0.464 e. The Bertz CT molecular complexity index is 499. The molecule has 0 aliphatic carbocycles. The summed E-state index contributed by atoms with van der Waals surface area (Å²) in [6.07, 6.45) is -1.91. The summed E-state index contributed by atoms with van der Waals surface area (Å²) >= 11 is 0. The second kappa shape index (κ2) is 4.92. The Balaban J connectivity index is 2.27. The van der Waals surface area contributed by atoms with Crippen molar-refractivity contribution in [1.82, 2.24) is 0 Å². The monoisotopic (exact) mass is 310 g/mol. The van der Waals surface area contributed by atoms with Gasteiger partial charge in [0.15, 0.2) is 5.79 Å². The zero-order chi connectivity index (χ0) is 15.2. The Kier molecular flexibility index (Phi) is 3.85. The van der Waals surface area contributed by atoms with E-state index in [9.17, 15) is 13.2 Å². The highest BCUT2D eigenvalue weighted by Crippen LogP contribution is 2.38. The van der Waals surface area contributed by atoms with Crippen LogP contribution in [-0.2, 0) is 37.8 Å². The van der Waals surface area contributed by atoms with Gasteiger partial charge in [-0.3, -0.25) is 0 Å². The molecule has 116 valence electrons. The number of hydrogen-bond donors (Lipinski definition) is 0. The Morgan fingerprint density at radius 2 is 2.00 bits per heavy atom. The average molecular weight is 310 g/mol. The van der Waals surface area contributed by atoms with Crippen LogP contribution in [0.3, 0.4) is 0 Å². The fraction of sp³-hybridized carbons (Fsp3) is 0.909. The van der Waals surface area contributed by atoms with Crippen LogP contribution in [0.15, 0.2) is 0 Å². The van der Waals surface area contributed by atoms with Crippen LogP contribution in [0.5, 0.6) is 0 Å². The van der Waals surface area contributed by atoms with E-state index in [0.29, 0.717) is 0 Å². The fourth-order valence-electron chi connectivity index (χ4n) is 2.20. The van der Waals surface area contributed by atoms with E-state index in [0.717, 1.165) is 0 Å². The lowest BCUT2D eigenvalue weighted by Gasteiger charge is -2.27. The summed E-state index contributed by atoms with van der Waals surface area (Å²) in [5.74, 6) is -1.70. The predicted octanol–water partition coefficient (Wildman–Crippen LogP) is 0.120. The van der Waals surface area contributed by atoms with Gasteiger partial charge in [0.1, 0.15) is 12.2 Å². The van der Waals surface area contributed by atoms with Gasteiger partial charge in [-0.2, -0.15) is 8.42 Å². The van der Waals surface area contributed by atoms with Crippen molar-refractivity contribution in [1.29, 1.82) is 0 Å². The maximum absolute atomic E-state index is 12.0. The third-order valence-electron chi connectivity index (χ3n) is 3.09. The van der Waals surface area contributed by atoms with Crippen molar-refractivity contribution in [3.05, 3.63) is 0 Å². The van der Waals surface area contributed by atoms with Crippen LogP contribution in [0.25, 0.3) is 0 Å². The van der Waals surface area contributed by atoms with E-state index in [4.69, 9.17) is 22.6 Å². The average Bonchev–Trinajstić information content (AvgIpc) is 2.77. The molecule has 0 bridgehead atoms. The smallest absolute Gasteiger partial charge is 0.401 e. The number of carbonyl (C=O) groups is 1. The van der Waals surface area contributed by atoms with Crippen LogP contribution in [0.4, 0.5) is 0 Å². The molecule has 20 heavy (non-hydrogen) atoms. The maximum Gasteiger partial charge on any atom is 0.401 e. The molecule has 9 heteroatoms. The summed E-state index contributed by atoms with van der Waals surface area (Å²) in [5, 5.41) is 0. The minimum atomic E-state index is -4.28. The van der Waals surface area contributed by atoms with Crippen LogP contribution >= 0.6 is 0 Å². The highest BCUT2D eigenvalue weighted by atomic mass is 32.3. The summed E-state index contributed by atoms with van der Waals surface area (Å²) in [5.41, 5.74) is -1.79. The summed E-state index contributed by atoms with van der Waals surface area (Å²) in [7, 11) is -4.28. The highest BCUT2D eigenvalue weighted by molar-refractivity contribution is 7.82. The summed E-state index contributed by atoms with van der Waals surface area (Å²) in [6, 6.07) is 0. The maximum atomic E-state index is 12.0. The fourth-order valence-corrected chi connectivity index (χ4v) is 3.39. The van der Waals surface area contributed by atoms with E-state index in [2.05, 4.69) is 0 Å². The Hall–Kier alpha value is -0.740. The van der Waals surface area contributed by atoms with Gasteiger partial charge in [-0.05, 0) is 27.7 Å². The second-order valence-corrected chi connectivity index (χ2v) is 6.38. The zero-order valence-corrected chi connectivity index (χ0v) is 12.6. The molecule has 0 amide bonds. The first-order valence-corrected chi connectivity index (χ1v) is 7.56. The molecule has 0 radical (unpaired) electrons. The molecule has 8 nitrogen and oxygen atoms in total. The number of ether oxygens (including phenoxy) is 3. The molecule has 0 aromatic rings. The molecule has 2 saturated heterocycles. The lowest BCUT2D eigenvalue weighted by molar-refractivity contribution is -0.175. The normalized spacial score (nSPS) is 38.8. The van der Waals surface area contributed by atoms with E-state index in [1.807, 2.05) is 0 Å². The first-order chi connectivity index (χ1) is 9.10. The van der Waals surface area contributed by atoms with Crippen molar-refractivity contribution < 1.29 is 35.8 Å². The second-order valence-electron chi connectivity index (χ2n) is 5.20. The van der Waals surface area contributed by atoms with Crippen molar-refractivity contribution in [3.63, 3.8) is 0 Å². The van der Waals surface area contributed by atoms with Gasteiger partial charge in [0.2, 0.25) is 5.60 Å². The molecule has 2 heterocycles. The number of hydrogen-bond acceptors (Lipinski definition) is 8. The van der Waals surface area contributed by atoms with E-state index in [1.54, 1.807) is 20.8 Å². The molecule has 1 unspecified atom stereocenters. The lowest BCUT2D eigenvalue weighted by atomic mass is 9.95. The van der Waals surface area contributed by atoms with Crippen molar-refractivity contribution in [3.8, 4) is 0 Å². The molecule has 2 aliphatic heterocycles. The summed E-state index contributed by atoms with van der Waals surface area (Å²) in [4.78, 5) is 12.0. The molecular weight excluding hydrogens is 292 g/mol. The molecule has 0 aromatic carbocycles. The predicted molar refractivity (Wildman–Crippen MR) is 64.8 cm³/mol. The van der Waals surface area contributed by atoms with Crippen molar-refractivity contribution in [2.24, 2.45) is 0 Å². The van der Waals surface area contributed by atoms with E-state index in [-0.39, 0.29) is 13.2 Å². The van der Waals surface area contributed by atoms with Crippen LogP contribution in [0.1, 0.15) is 27.7 Å². The van der Waals surface area contributed by atoms with E-state index < -0.39 is 40.0 Å². The quantitative estimate of drug-likeness (QED) is 0.678. The number of rotatable bonds is 3. The van der Waals surface area contributed by atoms with Crippen LogP contribution in [-0.4, -0.2) is 51.2 Å². The van der Waals surface area contributed by atoms with Gasteiger partial charge in [0.25, 0.3) is 0 Å². The topological polar surface area (TPSA) is 97.4 Å². The molecule has 2 fully saturated rings. The first kappa shape index (κ1) is 15.6. The van der Waals surface area contributed by atoms with Crippen LogP contribution in [0, 0.1) is 0 Å². The van der Waals surface area contributed by atoms with Gasteiger partial charge in [-0.1, -0.05) is 0 Å². The summed E-state index contributed by atoms with van der Waals surface area (Å²) in [6.45, 7) is 6.45. The Morgan fingerprint density at radius 3 is 2.50 bits per heavy atom. The Morgan fingerprint density at radius 1 is 1.35 bits per heavy atom. The van der Waals surface area contributed by atoms with Crippen molar-refractivity contribution in [2.75, 3.05) is 13.2 Å². The van der Waals surface area contributed by atoms with Crippen molar-refractivity contribution in [2.45, 2.75) is 51.3 Å². The number of esters is 1. The molecule has 3 atom stereocenters. The zero-order valence-electron chi connectivity index (χ0n) is 11.7. The molecular formula is C11H18O8S. The molecule has 0 N–H and O–H groups in total. The van der Waals surface area contributed by atoms with Gasteiger partial charge >= 0.3 is 16.4 Å². The standard InChI is InChI=1S/C11H18O8S/c1-5-15-9(12)11(4)8(18-20(13,14)19-11)7-6-16-10(2,3)17-7/h7-8H,5-6H2,1-4H3/t7-,8?,11+/m1/s1. The molecule has 0 spiro atoms. The molecule has 0 aromatic heterocycles. The van der Waals surface area contributed by atoms with Gasteiger partial charge in [0, 0.05) is 0 Å². The molecule has 2 rings (SSSR count). The van der Waals surface area contributed by atoms with Crippen LogP contribution < -0.4 is 0 Å². The third kappa shape index (κ3) is 2.82. The SMILES string of the molecule is CCOC(=O)[C@@]1(C)OS(=O)(=O)OC1[C@H]1COC(C)(C)O1. The molecule has 2 aliphatic rings. The number of carbonyl (C=O) groups excluding carboxylic acids is 1. The minimum absolute atomic E-state index is 0.0888. The van der Waals surface area contributed by atoms with Crippen molar-refractivity contribution >= 4 is 16.4 Å². The highest BCUT2D eigenvalue weighted by Gasteiger charge is 2.61. The first-order valence-electron chi connectivity index (χ1n) is 6.22. The van der Waals surface area contributed by atoms with Gasteiger partial charge in [-0.15, -0.1) is 0 Å². The largest absolute Gasteiger partial charge is 0.464 e. The summed E-state index contributed by atoms with van der Waals surface area (Å²) < 4.78 is 48.5. The third-order valence-corrected chi connectivity index (χ3v) is 4.08. The van der Waals surface area contributed by atoms with Gasteiger partial charge < -0.3 is 14.2 Å².